The van der Waals surface area contributed by atoms with E-state index in [-0.39, 0.29) is 17.0 Å². The zero-order chi connectivity index (χ0) is 23.5. The zero-order valence-electron chi connectivity index (χ0n) is 19.0. The Bertz CT molecular complexity index is 1190. The maximum Gasteiger partial charge on any atom is 0.337 e. The Kier molecular flexibility index (Phi) is 7.27. The Morgan fingerprint density at radius 2 is 1.72 bits per heavy atom. The first-order valence-electron chi connectivity index (χ1n) is 10.4. The lowest BCUT2D eigenvalue weighted by molar-refractivity contribution is -0.00302. The van der Waals surface area contributed by atoms with Crippen LogP contribution in [0.5, 0.6) is 0 Å². The van der Waals surface area contributed by atoms with Crippen LogP contribution in [0.1, 0.15) is 43.1 Å². The van der Waals surface area contributed by atoms with E-state index in [1.807, 2.05) is 52.0 Å². The minimum atomic E-state index is -3.85. The fraction of sp³-hybridized carbons (Fsp3) is 0.375. The van der Waals surface area contributed by atoms with Crippen molar-refractivity contribution in [2.45, 2.75) is 44.6 Å². The van der Waals surface area contributed by atoms with E-state index in [1.165, 1.54) is 47.0 Å². The number of fused-ring (bicyclic) bond motifs is 1. The van der Waals surface area contributed by atoms with Crippen molar-refractivity contribution in [3.8, 4) is 0 Å². The van der Waals surface area contributed by atoms with E-state index in [2.05, 4.69) is 0 Å². The number of carbonyl (C=O) groups excluding carboxylic acids is 1. The largest absolute Gasteiger partial charge is 0.465 e. The molecule has 2 aromatic carbocycles. The minimum absolute atomic E-state index is 0.124. The molecule has 0 saturated heterocycles. The van der Waals surface area contributed by atoms with Crippen LogP contribution in [0.15, 0.2) is 53.4 Å². The fourth-order valence-electron chi connectivity index (χ4n) is 3.32. The van der Waals surface area contributed by atoms with Gasteiger partial charge in [-0.3, -0.25) is 4.31 Å². The van der Waals surface area contributed by atoms with Gasteiger partial charge in [0.1, 0.15) is 5.00 Å². The quantitative estimate of drug-likeness (QED) is 0.322. The molecule has 0 amide bonds. The molecule has 0 N–H and O–H groups in total. The Morgan fingerprint density at radius 1 is 1.06 bits per heavy atom. The van der Waals surface area contributed by atoms with Gasteiger partial charge in [0.05, 0.1) is 23.2 Å². The van der Waals surface area contributed by atoms with E-state index in [0.717, 1.165) is 15.6 Å². The molecule has 32 heavy (non-hydrogen) atoms. The lowest BCUT2D eigenvalue weighted by atomic mass is 10.2. The van der Waals surface area contributed by atoms with E-state index in [0.29, 0.717) is 23.6 Å². The van der Waals surface area contributed by atoms with Gasteiger partial charge in [-0.25, -0.2) is 13.2 Å². The molecule has 0 spiro atoms. The van der Waals surface area contributed by atoms with E-state index < -0.39 is 16.0 Å². The highest BCUT2D eigenvalue weighted by Gasteiger charge is 2.28. The second-order valence-electron chi connectivity index (χ2n) is 8.44. The fourth-order valence-corrected chi connectivity index (χ4v) is 6.33. The van der Waals surface area contributed by atoms with Gasteiger partial charge in [-0.05, 0) is 75.4 Å². The number of ether oxygens (including phenoxy) is 2. The van der Waals surface area contributed by atoms with Gasteiger partial charge in [-0.2, -0.15) is 0 Å². The number of esters is 1. The maximum absolute atomic E-state index is 13.7. The number of thiophene rings is 1. The lowest BCUT2D eigenvalue weighted by Crippen LogP contribution is -2.33. The average molecular weight is 476 g/mol. The van der Waals surface area contributed by atoms with Crippen LogP contribution >= 0.6 is 11.3 Å². The van der Waals surface area contributed by atoms with Crippen LogP contribution in [-0.4, -0.2) is 40.2 Å². The molecule has 0 aliphatic heterocycles. The van der Waals surface area contributed by atoms with E-state index in [9.17, 15) is 13.2 Å². The smallest absolute Gasteiger partial charge is 0.337 e. The van der Waals surface area contributed by atoms with Gasteiger partial charge < -0.3 is 9.47 Å². The molecule has 3 rings (SSSR count). The highest BCUT2D eigenvalue weighted by Crippen LogP contribution is 2.40. The summed E-state index contributed by atoms with van der Waals surface area (Å²) in [6, 6.07) is 13.7. The van der Waals surface area contributed by atoms with Crippen LogP contribution in [0.3, 0.4) is 0 Å². The zero-order valence-corrected chi connectivity index (χ0v) is 20.7. The molecule has 0 bridgehead atoms. The molecule has 0 fully saturated rings. The minimum Gasteiger partial charge on any atom is -0.465 e. The number of methoxy groups -OCH3 is 1. The molecule has 8 heteroatoms. The Morgan fingerprint density at radius 3 is 2.31 bits per heavy atom. The number of anilines is 1. The van der Waals surface area contributed by atoms with Crippen molar-refractivity contribution in [3.63, 3.8) is 0 Å². The standard InChI is InChI=1S/C24H29NO5S2/c1-17-20-9-6-7-10-21(20)31-22(17)25(15-8-16-30-24(2,3)4)32(27,28)19-13-11-18(12-14-19)23(26)29-5/h6-7,9-14H,8,15-16H2,1-5H3. The Balaban J connectivity index is 1.98. The van der Waals surface area contributed by atoms with Gasteiger partial charge in [0, 0.05) is 17.9 Å². The Hall–Kier alpha value is -2.42. The predicted molar refractivity (Wildman–Crippen MR) is 129 cm³/mol. The van der Waals surface area contributed by atoms with Crippen LogP contribution in [-0.2, 0) is 19.5 Å². The van der Waals surface area contributed by atoms with Gasteiger partial charge in [0.25, 0.3) is 10.0 Å². The number of carbonyl (C=O) groups is 1. The number of benzene rings is 2. The van der Waals surface area contributed by atoms with Crippen molar-refractivity contribution >= 4 is 42.4 Å². The molecule has 0 saturated carbocycles. The van der Waals surface area contributed by atoms with Crippen molar-refractivity contribution < 1.29 is 22.7 Å². The first-order chi connectivity index (χ1) is 15.0. The molecule has 0 aliphatic carbocycles. The van der Waals surface area contributed by atoms with Gasteiger partial charge >= 0.3 is 5.97 Å². The summed E-state index contributed by atoms with van der Waals surface area (Å²) in [6.07, 6.45) is 0.546. The summed E-state index contributed by atoms with van der Waals surface area (Å²) >= 11 is 1.46. The first kappa shape index (κ1) is 24.2. The Labute approximate surface area is 193 Å². The van der Waals surface area contributed by atoms with Crippen molar-refractivity contribution in [2.24, 2.45) is 0 Å². The van der Waals surface area contributed by atoms with Crippen molar-refractivity contribution in [1.82, 2.24) is 0 Å². The topological polar surface area (TPSA) is 72.9 Å². The molecular formula is C24H29NO5S2. The summed E-state index contributed by atoms with van der Waals surface area (Å²) in [7, 11) is -2.56. The molecule has 0 aliphatic rings. The molecule has 1 heterocycles. The third-order valence-corrected chi connectivity index (χ3v) is 8.17. The number of rotatable bonds is 8. The molecule has 6 nitrogen and oxygen atoms in total. The van der Waals surface area contributed by atoms with Crippen LogP contribution in [0.25, 0.3) is 10.1 Å². The first-order valence-corrected chi connectivity index (χ1v) is 12.6. The molecule has 0 unspecified atom stereocenters. The molecule has 1 aromatic heterocycles. The molecule has 0 radical (unpaired) electrons. The maximum atomic E-state index is 13.7. The summed E-state index contributed by atoms with van der Waals surface area (Å²) in [5, 5.41) is 1.73. The highest BCUT2D eigenvalue weighted by molar-refractivity contribution is 7.93. The third-order valence-electron chi connectivity index (χ3n) is 4.95. The number of hydrogen-bond acceptors (Lipinski definition) is 6. The van der Waals surface area contributed by atoms with Crippen LogP contribution in [0.2, 0.25) is 0 Å². The molecular weight excluding hydrogens is 446 g/mol. The predicted octanol–water partition coefficient (Wildman–Crippen LogP) is 5.40. The van der Waals surface area contributed by atoms with E-state index in [1.54, 1.807) is 0 Å². The van der Waals surface area contributed by atoms with Crippen LogP contribution < -0.4 is 4.31 Å². The summed E-state index contributed by atoms with van der Waals surface area (Å²) in [6.45, 7) is 8.59. The van der Waals surface area contributed by atoms with E-state index >= 15 is 0 Å². The van der Waals surface area contributed by atoms with Crippen molar-refractivity contribution in [3.05, 3.63) is 59.7 Å². The second-order valence-corrected chi connectivity index (χ2v) is 11.3. The van der Waals surface area contributed by atoms with Crippen LogP contribution in [0.4, 0.5) is 5.00 Å². The summed E-state index contributed by atoms with van der Waals surface area (Å²) in [4.78, 5) is 11.9. The number of nitrogens with zero attached hydrogens (tertiary/aromatic N) is 1. The van der Waals surface area contributed by atoms with Gasteiger partial charge in [-0.1, -0.05) is 18.2 Å². The van der Waals surface area contributed by atoms with Crippen LogP contribution in [0, 0.1) is 6.92 Å². The summed E-state index contributed by atoms with van der Waals surface area (Å²) in [5.74, 6) is -0.509. The SMILES string of the molecule is COC(=O)c1ccc(S(=O)(=O)N(CCCOC(C)(C)C)c2sc3ccccc3c2C)cc1. The third kappa shape index (κ3) is 5.31. The number of hydrogen-bond donors (Lipinski definition) is 0. The second kappa shape index (κ2) is 9.60. The number of aryl methyl sites for hydroxylation is 1. The summed E-state index contributed by atoms with van der Waals surface area (Å²) < 4.78 is 40.4. The molecule has 3 aromatic rings. The summed E-state index contributed by atoms with van der Waals surface area (Å²) in [5.41, 5.74) is 0.938. The normalized spacial score (nSPS) is 12.2. The van der Waals surface area contributed by atoms with Gasteiger partial charge in [0.15, 0.2) is 0 Å². The number of sulfonamides is 1. The molecule has 172 valence electrons. The van der Waals surface area contributed by atoms with E-state index in [4.69, 9.17) is 9.47 Å². The van der Waals surface area contributed by atoms with Gasteiger partial charge in [0.2, 0.25) is 0 Å². The van der Waals surface area contributed by atoms with Gasteiger partial charge in [-0.15, -0.1) is 11.3 Å². The monoisotopic (exact) mass is 475 g/mol. The van der Waals surface area contributed by atoms with Crippen molar-refractivity contribution in [1.29, 1.82) is 0 Å². The highest BCUT2D eigenvalue weighted by atomic mass is 32.2. The molecule has 0 atom stereocenters. The average Bonchev–Trinajstić information content (AvgIpc) is 3.08. The van der Waals surface area contributed by atoms with Crippen molar-refractivity contribution in [2.75, 3.05) is 24.6 Å². The lowest BCUT2D eigenvalue weighted by Gasteiger charge is -2.25.